The number of anilines is 1. The molecule has 0 saturated carbocycles. The Morgan fingerprint density at radius 2 is 2.21 bits per heavy atom. The molecule has 0 radical (unpaired) electrons. The Bertz CT molecular complexity index is 323. The summed E-state index contributed by atoms with van der Waals surface area (Å²) < 4.78 is 2.12. The molecule has 1 aromatic heterocycles. The number of hydrogen-bond donors (Lipinski definition) is 1. The Kier molecular flexibility index (Phi) is 2.25. The monoisotopic (exact) mass is 193 g/mol. The topological polar surface area (TPSA) is 29.9 Å². The first kappa shape index (κ1) is 9.56. The molecule has 0 unspecified atom stereocenters. The highest BCUT2D eigenvalue weighted by Gasteiger charge is 2.31. The zero-order chi connectivity index (χ0) is 10.2. The first-order chi connectivity index (χ1) is 6.69. The Hall–Kier alpha value is -0.990. The fourth-order valence-corrected chi connectivity index (χ4v) is 2.18. The van der Waals surface area contributed by atoms with Crippen molar-refractivity contribution in [2.24, 2.45) is 5.41 Å². The number of nitrogens with one attached hydrogen (secondary N) is 1. The third kappa shape index (κ3) is 1.41. The SMILES string of the molecule is CCC1(CC)CNc2cc(C)nn2C1. The third-order valence-corrected chi connectivity index (χ3v) is 3.53. The Morgan fingerprint density at radius 3 is 2.86 bits per heavy atom. The molecule has 0 amide bonds. The molecule has 0 aliphatic carbocycles. The highest BCUT2D eigenvalue weighted by Crippen LogP contribution is 2.33. The van der Waals surface area contributed by atoms with Gasteiger partial charge in [0.05, 0.1) is 12.2 Å². The van der Waals surface area contributed by atoms with Crippen molar-refractivity contribution in [1.82, 2.24) is 9.78 Å². The predicted molar refractivity (Wildman–Crippen MR) is 58.5 cm³/mol. The van der Waals surface area contributed by atoms with Crippen LogP contribution in [0.3, 0.4) is 0 Å². The summed E-state index contributed by atoms with van der Waals surface area (Å²) in [6.07, 6.45) is 2.43. The van der Waals surface area contributed by atoms with Gasteiger partial charge in [0.2, 0.25) is 0 Å². The van der Waals surface area contributed by atoms with Crippen LogP contribution in [-0.2, 0) is 6.54 Å². The zero-order valence-corrected chi connectivity index (χ0v) is 9.30. The van der Waals surface area contributed by atoms with Crippen LogP contribution in [0.15, 0.2) is 6.07 Å². The van der Waals surface area contributed by atoms with Crippen molar-refractivity contribution in [3.63, 3.8) is 0 Å². The van der Waals surface area contributed by atoms with E-state index in [1.54, 1.807) is 0 Å². The lowest BCUT2D eigenvalue weighted by Gasteiger charge is -2.36. The average molecular weight is 193 g/mol. The number of nitrogens with zero attached hydrogens (tertiary/aromatic N) is 2. The highest BCUT2D eigenvalue weighted by molar-refractivity contribution is 5.39. The van der Waals surface area contributed by atoms with E-state index in [0.717, 1.165) is 18.8 Å². The van der Waals surface area contributed by atoms with Crippen LogP contribution in [0.25, 0.3) is 0 Å². The fourth-order valence-electron chi connectivity index (χ4n) is 2.18. The van der Waals surface area contributed by atoms with E-state index >= 15 is 0 Å². The molecule has 0 bridgehead atoms. The van der Waals surface area contributed by atoms with E-state index in [1.165, 1.54) is 18.7 Å². The van der Waals surface area contributed by atoms with Crippen molar-refractivity contribution >= 4 is 5.82 Å². The minimum absolute atomic E-state index is 0.408. The van der Waals surface area contributed by atoms with E-state index in [9.17, 15) is 0 Å². The minimum atomic E-state index is 0.408. The Morgan fingerprint density at radius 1 is 1.50 bits per heavy atom. The molecule has 2 heterocycles. The lowest BCUT2D eigenvalue weighted by atomic mass is 9.81. The Labute approximate surface area is 85.5 Å². The van der Waals surface area contributed by atoms with Crippen LogP contribution in [0.4, 0.5) is 5.82 Å². The fraction of sp³-hybridized carbons (Fsp3) is 0.727. The van der Waals surface area contributed by atoms with Gasteiger partial charge in [-0.2, -0.15) is 5.10 Å². The molecule has 14 heavy (non-hydrogen) atoms. The average Bonchev–Trinajstić information content (AvgIpc) is 2.56. The molecule has 1 aliphatic rings. The smallest absolute Gasteiger partial charge is 0.124 e. The molecule has 1 N–H and O–H groups in total. The number of aryl methyl sites for hydroxylation is 1. The van der Waals surface area contributed by atoms with Crippen molar-refractivity contribution < 1.29 is 0 Å². The molecular formula is C11H19N3. The van der Waals surface area contributed by atoms with Crippen molar-refractivity contribution in [1.29, 1.82) is 0 Å². The van der Waals surface area contributed by atoms with Gasteiger partial charge in [-0.05, 0) is 19.8 Å². The van der Waals surface area contributed by atoms with Gasteiger partial charge in [0.25, 0.3) is 0 Å². The molecular weight excluding hydrogens is 174 g/mol. The molecule has 1 aromatic rings. The molecule has 0 atom stereocenters. The summed E-state index contributed by atoms with van der Waals surface area (Å²) >= 11 is 0. The predicted octanol–water partition coefficient (Wildman–Crippen LogP) is 2.42. The maximum atomic E-state index is 4.50. The lowest BCUT2D eigenvalue weighted by Crippen LogP contribution is -2.38. The molecule has 3 heteroatoms. The van der Waals surface area contributed by atoms with Crippen LogP contribution in [0.1, 0.15) is 32.4 Å². The molecule has 78 valence electrons. The van der Waals surface area contributed by atoms with E-state index < -0.39 is 0 Å². The first-order valence-corrected chi connectivity index (χ1v) is 5.47. The van der Waals surface area contributed by atoms with Crippen molar-refractivity contribution in [3.8, 4) is 0 Å². The number of rotatable bonds is 2. The number of aromatic nitrogens is 2. The molecule has 2 rings (SSSR count). The van der Waals surface area contributed by atoms with Gasteiger partial charge in [-0.3, -0.25) is 0 Å². The standard InChI is InChI=1S/C11H19N3/c1-4-11(5-2)7-12-10-6-9(3)13-14(10)8-11/h6,12H,4-5,7-8H2,1-3H3. The van der Waals surface area contributed by atoms with Crippen LogP contribution in [0, 0.1) is 12.3 Å². The summed E-state index contributed by atoms with van der Waals surface area (Å²) in [5, 5.41) is 7.97. The summed E-state index contributed by atoms with van der Waals surface area (Å²) in [4.78, 5) is 0. The van der Waals surface area contributed by atoms with Gasteiger partial charge in [0.15, 0.2) is 0 Å². The van der Waals surface area contributed by atoms with Crippen LogP contribution in [-0.4, -0.2) is 16.3 Å². The summed E-state index contributed by atoms with van der Waals surface area (Å²) in [6.45, 7) is 8.74. The van der Waals surface area contributed by atoms with Crippen molar-refractivity contribution in [2.45, 2.75) is 40.2 Å². The van der Waals surface area contributed by atoms with Gasteiger partial charge in [-0.1, -0.05) is 13.8 Å². The quantitative estimate of drug-likeness (QED) is 0.781. The second kappa shape index (κ2) is 3.30. The molecule has 1 aliphatic heterocycles. The zero-order valence-electron chi connectivity index (χ0n) is 9.30. The van der Waals surface area contributed by atoms with Gasteiger partial charge in [0, 0.05) is 18.0 Å². The van der Waals surface area contributed by atoms with E-state index in [1.807, 2.05) is 6.92 Å². The highest BCUT2D eigenvalue weighted by atomic mass is 15.3. The van der Waals surface area contributed by atoms with Crippen molar-refractivity contribution in [2.75, 3.05) is 11.9 Å². The van der Waals surface area contributed by atoms with Crippen LogP contribution >= 0.6 is 0 Å². The lowest BCUT2D eigenvalue weighted by molar-refractivity contribution is 0.214. The summed E-state index contributed by atoms with van der Waals surface area (Å²) in [5.41, 5.74) is 1.52. The summed E-state index contributed by atoms with van der Waals surface area (Å²) in [7, 11) is 0. The third-order valence-electron chi connectivity index (χ3n) is 3.53. The van der Waals surface area contributed by atoms with Gasteiger partial charge >= 0.3 is 0 Å². The van der Waals surface area contributed by atoms with E-state index in [2.05, 4.69) is 35.0 Å². The first-order valence-electron chi connectivity index (χ1n) is 5.47. The van der Waals surface area contributed by atoms with Gasteiger partial charge < -0.3 is 5.32 Å². The normalized spacial score (nSPS) is 18.8. The van der Waals surface area contributed by atoms with E-state index in [4.69, 9.17) is 0 Å². The van der Waals surface area contributed by atoms with Crippen LogP contribution < -0.4 is 5.32 Å². The van der Waals surface area contributed by atoms with E-state index in [-0.39, 0.29) is 0 Å². The largest absolute Gasteiger partial charge is 0.370 e. The molecule has 0 spiro atoms. The summed E-state index contributed by atoms with van der Waals surface area (Å²) in [6, 6.07) is 2.12. The number of fused-ring (bicyclic) bond motifs is 1. The molecule has 0 saturated heterocycles. The molecule has 0 aromatic carbocycles. The maximum Gasteiger partial charge on any atom is 0.124 e. The minimum Gasteiger partial charge on any atom is -0.370 e. The summed E-state index contributed by atoms with van der Waals surface area (Å²) in [5.74, 6) is 1.18. The second-order valence-corrected chi connectivity index (χ2v) is 4.39. The van der Waals surface area contributed by atoms with E-state index in [0.29, 0.717) is 5.41 Å². The van der Waals surface area contributed by atoms with Gasteiger partial charge in [-0.15, -0.1) is 0 Å². The van der Waals surface area contributed by atoms with Crippen LogP contribution in [0.5, 0.6) is 0 Å². The Balaban J connectivity index is 2.27. The molecule has 0 fully saturated rings. The van der Waals surface area contributed by atoms with Crippen LogP contribution in [0.2, 0.25) is 0 Å². The molecule has 3 nitrogen and oxygen atoms in total. The number of hydrogen-bond acceptors (Lipinski definition) is 2. The maximum absolute atomic E-state index is 4.50. The van der Waals surface area contributed by atoms with Crippen molar-refractivity contribution in [3.05, 3.63) is 11.8 Å². The second-order valence-electron chi connectivity index (χ2n) is 4.39. The van der Waals surface area contributed by atoms with Gasteiger partial charge in [-0.25, -0.2) is 4.68 Å². The van der Waals surface area contributed by atoms with Gasteiger partial charge in [0.1, 0.15) is 5.82 Å².